The minimum Gasteiger partial charge on any atom is -0.310 e. The molecule has 15 heavy (non-hydrogen) atoms. The molecule has 1 aliphatic heterocycles. The topological polar surface area (TPSA) is 46.2 Å². The van der Waals surface area contributed by atoms with Crippen LogP contribution in [-0.4, -0.2) is 32.0 Å². The van der Waals surface area contributed by atoms with Crippen LogP contribution < -0.4 is 5.32 Å². The fourth-order valence-electron chi connectivity index (χ4n) is 2.11. The molecule has 1 N–H and O–H groups in total. The molecular formula is C11H23NO2S. The van der Waals surface area contributed by atoms with Gasteiger partial charge in [-0.15, -0.1) is 0 Å². The van der Waals surface area contributed by atoms with E-state index in [-0.39, 0.29) is 6.04 Å². The Morgan fingerprint density at radius 1 is 1.40 bits per heavy atom. The first-order chi connectivity index (χ1) is 7.03. The molecule has 0 amide bonds. The van der Waals surface area contributed by atoms with Gasteiger partial charge in [-0.25, -0.2) is 8.42 Å². The van der Waals surface area contributed by atoms with Gasteiger partial charge < -0.3 is 5.32 Å². The lowest BCUT2D eigenvalue weighted by molar-refractivity contribution is 0.435. The molecule has 0 aromatic heterocycles. The third kappa shape index (κ3) is 4.98. The SMILES string of the molecule is CCCCC[C@H](C)N[C@@H]1CCS(=O)(=O)C1. The van der Waals surface area contributed by atoms with Gasteiger partial charge in [0.2, 0.25) is 0 Å². The van der Waals surface area contributed by atoms with Gasteiger partial charge in [0.1, 0.15) is 0 Å². The van der Waals surface area contributed by atoms with Crippen LogP contribution in [0.25, 0.3) is 0 Å². The lowest BCUT2D eigenvalue weighted by atomic mass is 10.1. The summed E-state index contributed by atoms with van der Waals surface area (Å²) >= 11 is 0. The second-order valence-electron chi connectivity index (χ2n) is 4.66. The van der Waals surface area contributed by atoms with Crippen LogP contribution in [0.5, 0.6) is 0 Å². The third-order valence-corrected chi connectivity index (χ3v) is 4.76. The molecule has 1 aliphatic rings. The molecular weight excluding hydrogens is 210 g/mol. The van der Waals surface area contributed by atoms with Crippen molar-refractivity contribution in [2.24, 2.45) is 0 Å². The minimum atomic E-state index is -2.73. The van der Waals surface area contributed by atoms with Crippen molar-refractivity contribution in [3.63, 3.8) is 0 Å². The third-order valence-electron chi connectivity index (χ3n) is 2.99. The van der Waals surface area contributed by atoms with Crippen molar-refractivity contribution in [1.82, 2.24) is 5.32 Å². The Morgan fingerprint density at radius 3 is 2.67 bits per heavy atom. The van der Waals surface area contributed by atoms with Crippen molar-refractivity contribution in [3.8, 4) is 0 Å². The highest BCUT2D eigenvalue weighted by Gasteiger charge is 2.28. The predicted octanol–water partition coefficient (Wildman–Crippen LogP) is 1.73. The molecule has 0 aliphatic carbocycles. The van der Waals surface area contributed by atoms with E-state index in [0.29, 0.717) is 17.5 Å². The molecule has 90 valence electrons. The summed E-state index contributed by atoms with van der Waals surface area (Å²) in [5.41, 5.74) is 0. The van der Waals surface area contributed by atoms with Crippen molar-refractivity contribution in [3.05, 3.63) is 0 Å². The van der Waals surface area contributed by atoms with E-state index in [0.717, 1.165) is 12.8 Å². The normalized spacial score (nSPS) is 26.7. The van der Waals surface area contributed by atoms with Gasteiger partial charge in [-0.2, -0.15) is 0 Å². The molecule has 1 heterocycles. The quantitative estimate of drug-likeness (QED) is 0.711. The van der Waals surface area contributed by atoms with Gasteiger partial charge in [-0.3, -0.25) is 0 Å². The largest absolute Gasteiger partial charge is 0.310 e. The Labute approximate surface area is 93.6 Å². The van der Waals surface area contributed by atoms with Crippen LogP contribution in [-0.2, 0) is 9.84 Å². The van der Waals surface area contributed by atoms with Crippen LogP contribution in [0, 0.1) is 0 Å². The van der Waals surface area contributed by atoms with Crippen LogP contribution in [0.2, 0.25) is 0 Å². The summed E-state index contributed by atoms with van der Waals surface area (Å²) < 4.78 is 22.5. The van der Waals surface area contributed by atoms with Crippen molar-refractivity contribution in [2.45, 2.75) is 58.0 Å². The minimum absolute atomic E-state index is 0.201. The highest BCUT2D eigenvalue weighted by Crippen LogP contribution is 2.13. The monoisotopic (exact) mass is 233 g/mol. The zero-order chi connectivity index (χ0) is 11.3. The maximum Gasteiger partial charge on any atom is 0.151 e. The van der Waals surface area contributed by atoms with Crippen LogP contribution >= 0.6 is 0 Å². The Balaban J connectivity index is 2.19. The van der Waals surface area contributed by atoms with Gasteiger partial charge in [0.05, 0.1) is 11.5 Å². The lowest BCUT2D eigenvalue weighted by Crippen LogP contribution is -2.37. The van der Waals surface area contributed by atoms with E-state index >= 15 is 0 Å². The van der Waals surface area contributed by atoms with E-state index < -0.39 is 9.84 Å². The van der Waals surface area contributed by atoms with Gasteiger partial charge in [0.25, 0.3) is 0 Å². The second kappa shape index (κ2) is 5.85. The number of hydrogen-bond acceptors (Lipinski definition) is 3. The van der Waals surface area contributed by atoms with Crippen LogP contribution in [0.15, 0.2) is 0 Å². The Morgan fingerprint density at radius 2 is 2.13 bits per heavy atom. The van der Waals surface area contributed by atoms with E-state index in [4.69, 9.17) is 0 Å². The molecule has 4 heteroatoms. The van der Waals surface area contributed by atoms with Crippen molar-refractivity contribution < 1.29 is 8.42 Å². The molecule has 2 atom stereocenters. The summed E-state index contributed by atoms with van der Waals surface area (Å²) in [6, 6.07) is 0.654. The van der Waals surface area contributed by atoms with E-state index in [1.54, 1.807) is 0 Å². The van der Waals surface area contributed by atoms with Crippen LogP contribution in [0.1, 0.15) is 46.0 Å². The molecule has 3 nitrogen and oxygen atoms in total. The molecule has 1 fully saturated rings. The molecule has 0 spiro atoms. The molecule has 0 aromatic rings. The number of unbranched alkanes of at least 4 members (excludes halogenated alkanes) is 2. The van der Waals surface area contributed by atoms with E-state index in [2.05, 4.69) is 19.2 Å². The number of hydrogen-bond donors (Lipinski definition) is 1. The van der Waals surface area contributed by atoms with E-state index in [9.17, 15) is 8.42 Å². The molecule has 0 bridgehead atoms. The van der Waals surface area contributed by atoms with Gasteiger partial charge in [-0.1, -0.05) is 26.2 Å². The molecule has 0 unspecified atom stereocenters. The van der Waals surface area contributed by atoms with Crippen molar-refractivity contribution in [2.75, 3.05) is 11.5 Å². The number of rotatable bonds is 6. The van der Waals surface area contributed by atoms with Crippen molar-refractivity contribution >= 4 is 9.84 Å². The summed E-state index contributed by atoms with van der Waals surface area (Å²) in [5, 5.41) is 3.41. The Bertz CT molecular complexity index is 274. The van der Waals surface area contributed by atoms with E-state index in [1.807, 2.05) is 0 Å². The standard InChI is InChI=1S/C11H23NO2S/c1-3-4-5-6-10(2)12-11-7-8-15(13,14)9-11/h10-12H,3-9H2,1-2H3/t10-,11+/m0/s1. The first-order valence-corrected chi connectivity index (χ1v) is 7.82. The second-order valence-corrected chi connectivity index (χ2v) is 6.89. The number of sulfone groups is 1. The number of nitrogens with one attached hydrogen (secondary N) is 1. The Hall–Kier alpha value is -0.0900. The predicted molar refractivity (Wildman–Crippen MR) is 63.8 cm³/mol. The molecule has 1 saturated heterocycles. The molecule has 0 aromatic carbocycles. The maximum absolute atomic E-state index is 11.2. The summed E-state index contributed by atoms with van der Waals surface area (Å²) in [7, 11) is -2.73. The van der Waals surface area contributed by atoms with Crippen LogP contribution in [0.3, 0.4) is 0 Å². The lowest BCUT2D eigenvalue weighted by Gasteiger charge is -2.18. The van der Waals surface area contributed by atoms with E-state index in [1.165, 1.54) is 19.3 Å². The van der Waals surface area contributed by atoms with Gasteiger partial charge in [0.15, 0.2) is 9.84 Å². The average molecular weight is 233 g/mol. The summed E-state index contributed by atoms with van der Waals surface area (Å²) in [4.78, 5) is 0. The Kier molecular flexibility index (Phi) is 5.06. The summed E-state index contributed by atoms with van der Waals surface area (Å²) in [6.45, 7) is 4.35. The van der Waals surface area contributed by atoms with Crippen molar-refractivity contribution in [1.29, 1.82) is 0 Å². The zero-order valence-corrected chi connectivity index (χ0v) is 10.6. The first kappa shape index (κ1) is 13.0. The summed E-state index contributed by atoms with van der Waals surface area (Å²) in [5.74, 6) is 0.706. The zero-order valence-electron chi connectivity index (χ0n) is 9.83. The molecule has 1 rings (SSSR count). The highest BCUT2D eigenvalue weighted by atomic mass is 32.2. The smallest absolute Gasteiger partial charge is 0.151 e. The fourth-order valence-corrected chi connectivity index (χ4v) is 3.80. The summed E-state index contributed by atoms with van der Waals surface area (Å²) in [6.07, 6.45) is 5.70. The molecule has 0 radical (unpaired) electrons. The van der Waals surface area contributed by atoms with Gasteiger partial charge in [0, 0.05) is 12.1 Å². The fraction of sp³-hybridized carbons (Fsp3) is 1.00. The van der Waals surface area contributed by atoms with Gasteiger partial charge >= 0.3 is 0 Å². The maximum atomic E-state index is 11.2. The first-order valence-electron chi connectivity index (χ1n) is 6.00. The van der Waals surface area contributed by atoms with Gasteiger partial charge in [-0.05, 0) is 19.8 Å². The van der Waals surface area contributed by atoms with Crippen LogP contribution in [0.4, 0.5) is 0 Å². The average Bonchev–Trinajstić information content (AvgIpc) is 2.46. The highest BCUT2D eigenvalue weighted by molar-refractivity contribution is 7.91. The molecule has 0 saturated carbocycles.